The molecule has 1 aromatic carbocycles. The first-order valence-electron chi connectivity index (χ1n) is 3.92. The molecule has 0 unspecified atom stereocenters. The highest BCUT2D eigenvalue weighted by Gasteiger charge is 2.01. The van der Waals surface area contributed by atoms with Gasteiger partial charge in [-0.05, 0) is 18.1 Å². The topological polar surface area (TPSA) is 0 Å². The molecular weight excluding hydrogens is 210 g/mol. The number of halogens is 3. The van der Waals surface area contributed by atoms with Crippen molar-refractivity contribution in [2.45, 2.75) is 6.42 Å². The van der Waals surface area contributed by atoms with Gasteiger partial charge in [0.1, 0.15) is 5.82 Å². The predicted octanol–water partition coefficient (Wildman–Crippen LogP) is 4.12. The first-order chi connectivity index (χ1) is 6.25. The molecule has 1 aromatic rings. The fourth-order valence-electron chi connectivity index (χ4n) is 0.922. The summed E-state index contributed by atoms with van der Waals surface area (Å²) in [4.78, 5) is 0. The van der Waals surface area contributed by atoms with Crippen molar-refractivity contribution in [1.29, 1.82) is 0 Å². The minimum atomic E-state index is -0.394. The van der Waals surface area contributed by atoms with Gasteiger partial charge in [-0.3, -0.25) is 0 Å². The van der Waals surface area contributed by atoms with E-state index in [-0.39, 0.29) is 5.02 Å². The SMILES string of the molecule is Fc1cccc(C=CCCCl)c1Cl. The Hall–Kier alpha value is -0.530. The lowest BCUT2D eigenvalue weighted by molar-refractivity contribution is 0.628. The third kappa shape index (κ3) is 3.02. The summed E-state index contributed by atoms with van der Waals surface area (Å²) in [6.45, 7) is 0. The zero-order valence-corrected chi connectivity index (χ0v) is 8.45. The van der Waals surface area contributed by atoms with Crippen LogP contribution in [-0.4, -0.2) is 5.88 Å². The maximum Gasteiger partial charge on any atom is 0.142 e. The molecule has 0 aliphatic carbocycles. The summed E-state index contributed by atoms with van der Waals surface area (Å²) in [5.74, 6) is 0.165. The third-order valence-electron chi connectivity index (χ3n) is 1.55. The van der Waals surface area contributed by atoms with Crippen LogP contribution in [0.2, 0.25) is 5.02 Å². The van der Waals surface area contributed by atoms with Crippen LogP contribution >= 0.6 is 23.2 Å². The zero-order chi connectivity index (χ0) is 9.68. The minimum Gasteiger partial charge on any atom is -0.205 e. The molecule has 0 heterocycles. The molecule has 70 valence electrons. The molecule has 0 radical (unpaired) electrons. The van der Waals surface area contributed by atoms with Gasteiger partial charge in [-0.25, -0.2) is 4.39 Å². The van der Waals surface area contributed by atoms with Crippen LogP contribution in [0, 0.1) is 5.82 Å². The van der Waals surface area contributed by atoms with E-state index in [1.54, 1.807) is 18.2 Å². The van der Waals surface area contributed by atoms with Crippen molar-refractivity contribution in [2.75, 3.05) is 5.88 Å². The highest BCUT2D eigenvalue weighted by Crippen LogP contribution is 2.20. The van der Waals surface area contributed by atoms with Gasteiger partial charge in [-0.15, -0.1) is 11.6 Å². The molecule has 1 rings (SSSR count). The molecule has 0 fully saturated rings. The van der Waals surface area contributed by atoms with E-state index < -0.39 is 5.82 Å². The van der Waals surface area contributed by atoms with Crippen LogP contribution in [-0.2, 0) is 0 Å². The van der Waals surface area contributed by atoms with Gasteiger partial charge in [-0.1, -0.05) is 35.9 Å². The first kappa shape index (κ1) is 10.6. The Bertz CT molecular complexity index is 308. The van der Waals surface area contributed by atoms with Gasteiger partial charge in [0.05, 0.1) is 5.02 Å². The van der Waals surface area contributed by atoms with E-state index >= 15 is 0 Å². The van der Waals surface area contributed by atoms with E-state index in [4.69, 9.17) is 23.2 Å². The molecule has 0 atom stereocenters. The summed E-state index contributed by atoms with van der Waals surface area (Å²) in [6.07, 6.45) is 4.40. The normalized spacial score (nSPS) is 11.0. The molecule has 0 bridgehead atoms. The first-order valence-corrected chi connectivity index (χ1v) is 4.83. The number of allylic oxidation sites excluding steroid dienone is 1. The molecular formula is C10H9Cl2F. The lowest BCUT2D eigenvalue weighted by atomic mass is 10.2. The highest BCUT2D eigenvalue weighted by molar-refractivity contribution is 6.32. The number of hydrogen-bond donors (Lipinski definition) is 0. The van der Waals surface area contributed by atoms with Gasteiger partial charge < -0.3 is 0 Å². The summed E-state index contributed by atoms with van der Waals surface area (Å²) < 4.78 is 12.9. The Morgan fingerprint density at radius 1 is 1.38 bits per heavy atom. The van der Waals surface area contributed by atoms with Crippen LogP contribution < -0.4 is 0 Å². The molecule has 0 N–H and O–H groups in total. The second-order valence-electron chi connectivity index (χ2n) is 2.52. The number of rotatable bonds is 3. The van der Waals surface area contributed by atoms with Gasteiger partial charge in [0.2, 0.25) is 0 Å². The van der Waals surface area contributed by atoms with Gasteiger partial charge in [-0.2, -0.15) is 0 Å². The lowest BCUT2D eigenvalue weighted by Crippen LogP contribution is -1.80. The van der Waals surface area contributed by atoms with Crippen molar-refractivity contribution < 1.29 is 4.39 Å². The standard InChI is InChI=1S/C10H9Cl2F/c11-7-2-1-4-8-5-3-6-9(13)10(8)12/h1,3-6H,2,7H2. The van der Waals surface area contributed by atoms with Crippen molar-refractivity contribution in [2.24, 2.45) is 0 Å². The predicted molar refractivity (Wildman–Crippen MR) is 55.8 cm³/mol. The Balaban J connectivity index is 2.83. The molecule has 0 nitrogen and oxygen atoms in total. The van der Waals surface area contributed by atoms with Gasteiger partial charge >= 0.3 is 0 Å². The van der Waals surface area contributed by atoms with E-state index in [9.17, 15) is 4.39 Å². The van der Waals surface area contributed by atoms with Crippen molar-refractivity contribution in [3.63, 3.8) is 0 Å². The van der Waals surface area contributed by atoms with E-state index in [1.807, 2.05) is 6.08 Å². The fraction of sp³-hybridized carbons (Fsp3) is 0.200. The number of benzene rings is 1. The largest absolute Gasteiger partial charge is 0.205 e. The van der Waals surface area contributed by atoms with Crippen LogP contribution in [0.3, 0.4) is 0 Å². The summed E-state index contributed by atoms with van der Waals surface area (Å²) >= 11 is 11.2. The van der Waals surface area contributed by atoms with E-state index in [0.29, 0.717) is 11.4 Å². The third-order valence-corrected chi connectivity index (χ3v) is 2.17. The van der Waals surface area contributed by atoms with Gasteiger partial charge in [0.25, 0.3) is 0 Å². The minimum absolute atomic E-state index is 0.160. The van der Waals surface area contributed by atoms with E-state index in [2.05, 4.69) is 0 Å². The van der Waals surface area contributed by atoms with Crippen molar-refractivity contribution in [1.82, 2.24) is 0 Å². The molecule has 0 amide bonds. The second-order valence-corrected chi connectivity index (χ2v) is 3.28. The summed E-state index contributed by atoms with van der Waals surface area (Å²) in [7, 11) is 0. The van der Waals surface area contributed by atoms with E-state index in [1.165, 1.54) is 6.07 Å². The lowest BCUT2D eigenvalue weighted by Gasteiger charge is -1.98. The molecule has 0 saturated heterocycles. The molecule has 13 heavy (non-hydrogen) atoms. The summed E-state index contributed by atoms with van der Waals surface area (Å²) in [5, 5.41) is 0.160. The van der Waals surface area contributed by atoms with E-state index in [0.717, 1.165) is 6.42 Å². The average Bonchev–Trinajstić information content (AvgIpc) is 2.13. The maximum atomic E-state index is 12.9. The second kappa shape index (κ2) is 5.25. The Kier molecular flexibility index (Phi) is 4.26. The Morgan fingerprint density at radius 2 is 2.15 bits per heavy atom. The maximum absolute atomic E-state index is 12.9. The van der Waals surface area contributed by atoms with Gasteiger partial charge in [0.15, 0.2) is 0 Å². The molecule has 0 spiro atoms. The fourth-order valence-corrected chi connectivity index (χ4v) is 1.24. The van der Waals surface area contributed by atoms with Crippen molar-refractivity contribution >= 4 is 29.3 Å². The molecule has 0 saturated carbocycles. The molecule has 3 heteroatoms. The number of hydrogen-bond acceptors (Lipinski definition) is 0. The van der Waals surface area contributed by atoms with Crippen molar-refractivity contribution in [3.05, 3.63) is 40.7 Å². The molecule has 0 aliphatic heterocycles. The van der Waals surface area contributed by atoms with Gasteiger partial charge in [0, 0.05) is 5.88 Å². The Labute approximate surface area is 87.0 Å². The molecule has 0 aliphatic rings. The summed E-state index contributed by atoms with van der Waals surface area (Å²) in [6, 6.07) is 4.72. The number of alkyl halides is 1. The zero-order valence-electron chi connectivity index (χ0n) is 6.93. The van der Waals surface area contributed by atoms with Crippen LogP contribution in [0.15, 0.2) is 24.3 Å². The summed E-state index contributed by atoms with van der Waals surface area (Å²) in [5.41, 5.74) is 0.687. The Morgan fingerprint density at radius 3 is 2.85 bits per heavy atom. The van der Waals surface area contributed by atoms with Crippen LogP contribution in [0.4, 0.5) is 4.39 Å². The van der Waals surface area contributed by atoms with Crippen LogP contribution in [0.1, 0.15) is 12.0 Å². The quantitative estimate of drug-likeness (QED) is 0.670. The van der Waals surface area contributed by atoms with Crippen LogP contribution in [0.5, 0.6) is 0 Å². The highest BCUT2D eigenvalue weighted by atomic mass is 35.5. The monoisotopic (exact) mass is 218 g/mol. The average molecular weight is 219 g/mol. The molecule has 0 aromatic heterocycles. The smallest absolute Gasteiger partial charge is 0.142 e. The van der Waals surface area contributed by atoms with Crippen LogP contribution in [0.25, 0.3) is 6.08 Å². The van der Waals surface area contributed by atoms with Crippen molar-refractivity contribution in [3.8, 4) is 0 Å².